The maximum Gasteiger partial charge on any atom is 0.263 e. The molecule has 2 aromatic rings. The molecular weight excluding hydrogens is 337 g/mol. The van der Waals surface area contributed by atoms with Gasteiger partial charge in [0.1, 0.15) is 11.0 Å². The van der Waals surface area contributed by atoms with Crippen LogP contribution in [0.1, 0.15) is 29.3 Å². The van der Waals surface area contributed by atoms with Gasteiger partial charge >= 0.3 is 0 Å². The molecule has 4 nitrogen and oxygen atoms in total. The van der Waals surface area contributed by atoms with Gasteiger partial charge < -0.3 is 4.90 Å². The van der Waals surface area contributed by atoms with E-state index < -0.39 is 0 Å². The fourth-order valence-corrected chi connectivity index (χ4v) is 3.35. The van der Waals surface area contributed by atoms with Crippen molar-refractivity contribution in [1.29, 1.82) is 0 Å². The van der Waals surface area contributed by atoms with Gasteiger partial charge in [0.25, 0.3) is 5.91 Å². The fourth-order valence-electron chi connectivity index (χ4n) is 2.75. The van der Waals surface area contributed by atoms with Gasteiger partial charge in [0.15, 0.2) is 5.16 Å². The number of aromatic nitrogens is 2. The third-order valence-corrected chi connectivity index (χ3v) is 4.78. The Morgan fingerprint density at radius 2 is 2.26 bits per heavy atom. The Labute approximate surface area is 143 Å². The van der Waals surface area contributed by atoms with Crippen LogP contribution < -0.4 is 4.90 Å². The molecule has 0 N–H and O–H groups in total. The highest BCUT2D eigenvalue weighted by Crippen LogP contribution is 2.33. The lowest BCUT2D eigenvalue weighted by Gasteiger charge is -2.35. The number of thioether (sulfide) groups is 1. The molecule has 1 aliphatic heterocycles. The molecule has 0 radical (unpaired) electrons. The Bertz CT molecular complexity index is 771. The summed E-state index contributed by atoms with van der Waals surface area (Å²) in [6, 6.07) is 4.49. The molecule has 1 atom stereocenters. The Kier molecular flexibility index (Phi) is 4.55. The van der Waals surface area contributed by atoms with E-state index in [9.17, 15) is 9.18 Å². The van der Waals surface area contributed by atoms with Crippen molar-refractivity contribution >= 4 is 35.0 Å². The van der Waals surface area contributed by atoms with Crippen LogP contribution in [0.2, 0.25) is 5.15 Å². The first-order valence-electron chi connectivity index (χ1n) is 7.19. The molecule has 0 aliphatic carbocycles. The van der Waals surface area contributed by atoms with Crippen LogP contribution in [0.5, 0.6) is 0 Å². The van der Waals surface area contributed by atoms with Crippen LogP contribution >= 0.6 is 23.4 Å². The van der Waals surface area contributed by atoms with Gasteiger partial charge in [-0.05, 0) is 49.8 Å². The van der Waals surface area contributed by atoms with Crippen molar-refractivity contribution in [2.75, 3.05) is 11.2 Å². The highest BCUT2D eigenvalue weighted by molar-refractivity contribution is 7.98. The van der Waals surface area contributed by atoms with Crippen LogP contribution in [0.25, 0.3) is 0 Å². The van der Waals surface area contributed by atoms with Gasteiger partial charge in [0, 0.05) is 17.9 Å². The third-order valence-electron chi connectivity index (χ3n) is 3.93. The highest BCUT2D eigenvalue weighted by atomic mass is 35.5. The van der Waals surface area contributed by atoms with Gasteiger partial charge in [-0.25, -0.2) is 14.4 Å². The minimum atomic E-state index is -0.295. The molecular formula is C16H15ClFN3OS. The summed E-state index contributed by atoms with van der Waals surface area (Å²) in [5.74, 6) is -0.556. The standard InChI is InChI=1S/C16H15ClFN3OS/c1-9-3-4-10-7-11(18)5-6-13(10)21(9)15(22)12-8-19-16(23-2)20-14(12)17/h5-9H,3-4H2,1-2H3. The SMILES string of the molecule is CSc1ncc(C(=O)N2c3ccc(F)cc3CCC2C)c(Cl)n1. The molecule has 0 bridgehead atoms. The number of amides is 1. The van der Waals surface area contributed by atoms with Crippen molar-refractivity contribution in [1.82, 2.24) is 9.97 Å². The van der Waals surface area contributed by atoms with Gasteiger partial charge in [-0.2, -0.15) is 0 Å². The van der Waals surface area contributed by atoms with Crippen molar-refractivity contribution in [3.8, 4) is 0 Å². The number of benzene rings is 1. The first kappa shape index (κ1) is 16.2. The van der Waals surface area contributed by atoms with E-state index in [2.05, 4.69) is 9.97 Å². The van der Waals surface area contributed by atoms with Crippen molar-refractivity contribution in [2.45, 2.75) is 31.0 Å². The van der Waals surface area contributed by atoms with Gasteiger partial charge in [-0.15, -0.1) is 0 Å². The number of carbonyl (C=O) groups is 1. The van der Waals surface area contributed by atoms with Crippen molar-refractivity contribution in [3.63, 3.8) is 0 Å². The molecule has 1 unspecified atom stereocenters. The molecule has 1 aliphatic rings. The summed E-state index contributed by atoms with van der Waals surface area (Å²) >= 11 is 7.51. The molecule has 1 aromatic carbocycles. The van der Waals surface area contributed by atoms with E-state index in [0.29, 0.717) is 5.16 Å². The van der Waals surface area contributed by atoms with Crippen LogP contribution in [0.3, 0.4) is 0 Å². The number of carbonyl (C=O) groups excluding carboxylic acids is 1. The molecule has 2 heterocycles. The number of fused-ring (bicyclic) bond motifs is 1. The van der Waals surface area contributed by atoms with Gasteiger partial charge in [-0.1, -0.05) is 23.4 Å². The number of anilines is 1. The second kappa shape index (κ2) is 6.45. The number of halogens is 2. The van der Waals surface area contributed by atoms with E-state index in [4.69, 9.17) is 11.6 Å². The fraction of sp³-hybridized carbons (Fsp3) is 0.312. The zero-order valence-corrected chi connectivity index (χ0v) is 14.3. The summed E-state index contributed by atoms with van der Waals surface area (Å²) in [5, 5.41) is 0.650. The number of aryl methyl sites for hydroxylation is 1. The van der Waals surface area contributed by atoms with E-state index in [-0.39, 0.29) is 28.5 Å². The molecule has 23 heavy (non-hydrogen) atoms. The molecule has 1 aromatic heterocycles. The predicted octanol–water partition coefficient (Wildman–Crippen LogP) is 3.97. The predicted molar refractivity (Wildman–Crippen MR) is 89.8 cm³/mol. The van der Waals surface area contributed by atoms with Gasteiger partial charge in [0.05, 0.1) is 5.56 Å². The van der Waals surface area contributed by atoms with Crippen LogP contribution in [-0.4, -0.2) is 28.2 Å². The molecule has 0 saturated carbocycles. The summed E-state index contributed by atoms with van der Waals surface area (Å²) in [6.07, 6.45) is 4.80. The third kappa shape index (κ3) is 3.05. The van der Waals surface area contributed by atoms with Crippen molar-refractivity contribution in [2.24, 2.45) is 0 Å². The summed E-state index contributed by atoms with van der Waals surface area (Å²) in [7, 11) is 0. The van der Waals surface area contributed by atoms with Crippen LogP contribution in [0.4, 0.5) is 10.1 Å². The van der Waals surface area contributed by atoms with E-state index in [0.717, 1.165) is 24.1 Å². The number of hydrogen-bond donors (Lipinski definition) is 0. The van der Waals surface area contributed by atoms with E-state index in [1.54, 1.807) is 11.0 Å². The number of hydrogen-bond acceptors (Lipinski definition) is 4. The lowest BCUT2D eigenvalue weighted by molar-refractivity contribution is 0.0974. The zero-order valence-electron chi connectivity index (χ0n) is 12.7. The average Bonchev–Trinajstić information content (AvgIpc) is 2.54. The van der Waals surface area contributed by atoms with Crippen molar-refractivity contribution < 1.29 is 9.18 Å². The lowest BCUT2D eigenvalue weighted by Crippen LogP contribution is -2.42. The summed E-state index contributed by atoms with van der Waals surface area (Å²) in [4.78, 5) is 22.8. The molecule has 1 amide bonds. The number of nitrogens with zero attached hydrogens (tertiary/aromatic N) is 3. The van der Waals surface area contributed by atoms with Crippen LogP contribution in [0.15, 0.2) is 29.6 Å². The average molecular weight is 352 g/mol. The largest absolute Gasteiger partial charge is 0.305 e. The molecule has 120 valence electrons. The Morgan fingerprint density at radius 1 is 1.48 bits per heavy atom. The second-order valence-electron chi connectivity index (χ2n) is 5.40. The zero-order chi connectivity index (χ0) is 16.6. The maximum atomic E-state index is 13.4. The minimum absolute atomic E-state index is 0.00301. The molecule has 0 saturated heterocycles. The smallest absolute Gasteiger partial charge is 0.263 e. The first-order valence-corrected chi connectivity index (χ1v) is 8.80. The van der Waals surface area contributed by atoms with Crippen molar-refractivity contribution in [3.05, 3.63) is 46.5 Å². The number of rotatable bonds is 2. The van der Waals surface area contributed by atoms with Gasteiger partial charge in [-0.3, -0.25) is 4.79 Å². The van der Waals surface area contributed by atoms with Gasteiger partial charge in [0.2, 0.25) is 0 Å². The minimum Gasteiger partial charge on any atom is -0.305 e. The molecule has 0 fully saturated rings. The Hall–Kier alpha value is -1.66. The normalized spacial score (nSPS) is 17.0. The molecule has 0 spiro atoms. The lowest BCUT2D eigenvalue weighted by atomic mass is 9.96. The van der Waals surface area contributed by atoms with E-state index in [1.807, 2.05) is 13.2 Å². The van der Waals surface area contributed by atoms with E-state index >= 15 is 0 Å². The summed E-state index contributed by atoms with van der Waals surface area (Å²) in [5.41, 5.74) is 1.81. The summed E-state index contributed by atoms with van der Waals surface area (Å²) in [6.45, 7) is 1.97. The van der Waals surface area contributed by atoms with Crippen LogP contribution in [-0.2, 0) is 6.42 Å². The topological polar surface area (TPSA) is 46.1 Å². The summed E-state index contributed by atoms with van der Waals surface area (Å²) < 4.78 is 13.4. The van der Waals surface area contributed by atoms with E-state index in [1.165, 1.54) is 30.1 Å². The van der Waals surface area contributed by atoms with Crippen LogP contribution in [0, 0.1) is 5.82 Å². The second-order valence-corrected chi connectivity index (χ2v) is 6.53. The molecule has 3 rings (SSSR count). The highest BCUT2D eigenvalue weighted by Gasteiger charge is 2.30. The quantitative estimate of drug-likeness (QED) is 0.466. The maximum absolute atomic E-state index is 13.4. The Morgan fingerprint density at radius 3 is 2.96 bits per heavy atom. The molecule has 7 heteroatoms. The monoisotopic (exact) mass is 351 g/mol. The Balaban J connectivity index is 2.02. The first-order chi connectivity index (χ1) is 11.0.